The van der Waals surface area contributed by atoms with E-state index in [1.54, 1.807) is 0 Å². The SMILES string of the molecule is C[C@@]1(CO)CNC(=O)C1. The van der Waals surface area contributed by atoms with Crippen molar-refractivity contribution in [3.8, 4) is 0 Å². The lowest BCUT2D eigenvalue weighted by Gasteiger charge is -2.15. The van der Waals surface area contributed by atoms with Crippen molar-refractivity contribution in [2.24, 2.45) is 5.41 Å². The summed E-state index contributed by atoms with van der Waals surface area (Å²) in [6, 6.07) is 0. The fourth-order valence-electron chi connectivity index (χ4n) is 0.936. The number of aliphatic hydroxyl groups excluding tert-OH is 1. The van der Waals surface area contributed by atoms with E-state index >= 15 is 0 Å². The van der Waals surface area contributed by atoms with Crippen molar-refractivity contribution in [2.45, 2.75) is 13.3 Å². The summed E-state index contributed by atoms with van der Waals surface area (Å²) in [7, 11) is 0. The van der Waals surface area contributed by atoms with Gasteiger partial charge in [-0.1, -0.05) is 6.92 Å². The first-order chi connectivity index (χ1) is 4.16. The van der Waals surface area contributed by atoms with Gasteiger partial charge in [0.15, 0.2) is 0 Å². The van der Waals surface area contributed by atoms with E-state index in [1.807, 2.05) is 6.92 Å². The second-order valence-electron chi connectivity index (χ2n) is 2.92. The summed E-state index contributed by atoms with van der Waals surface area (Å²) in [5.74, 6) is 0.0477. The van der Waals surface area contributed by atoms with Gasteiger partial charge in [0.25, 0.3) is 0 Å². The minimum Gasteiger partial charge on any atom is -0.396 e. The molecule has 1 rings (SSSR count). The minimum absolute atomic E-state index is 0.0477. The van der Waals surface area contributed by atoms with E-state index in [4.69, 9.17) is 5.11 Å². The van der Waals surface area contributed by atoms with Crippen LogP contribution in [0.5, 0.6) is 0 Å². The molecule has 1 aliphatic heterocycles. The second-order valence-corrected chi connectivity index (χ2v) is 2.92. The van der Waals surface area contributed by atoms with Gasteiger partial charge in [0.05, 0.1) is 6.61 Å². The second kappa shape index (κ2) is 1.99. The number of hydrogen-bond donors (Lipinski definition) is 2. The zero-order valence-electron chi connectivity index (χ0n) is 5.48. The van der Waals surface area contributed by atoms with Gasteiger partial charge in [-0.15, -0.1) is 0 Å². The lowest BCUT2D eigenvalue weighted by molar-refractivity contribution is -0.119. The normalized spacial score (nSPS) is 34.7. The Morgan fingerprint density at radius 3 is 2.78 bits per heavy atom. The van der Waals surface area contributed by atoms with Crippen molar-refractivity contribution < 1.29 is 9.90 Å². The Bertz CT molecular complexity index is 135. The van der Waals surface area contributed by atoms with Gasteiger partial charge in [0, 0.05) is 18.4 Å². The van der Waals surface area contributed by atoms with Gasteiger partial charge in [0.1, 0.15) is 0 Å². The number of amides is 1. The molecule has 1 heterocycles. The molecule has 0 aromatic rings. The summed E-state index contributed by atoms with van der Waals surface area (Å²) >= 11 is 0. The van der Waals surface area contributed by atoms with Gasteiger partial charge >= 0.3 is 0 Å². The van der Waals surface area contributed by atoms with Gasteiger partial charge in [0.2, 0.25) is 5.91 Å². The molecule has 2 N–H and O–H groups in total. The molecule has 0 aromatic carbocycles. The molecule has 3 nitrogen and oxygen atoms in total. The number of nitrogens with one attached hydrogen (secondary N) is 1. The van der Waals surface area contributed by atoms with Gasteiger partial charge in [-0.25, -0.2) is 0 Å². The van der Waals surface area contributed by atoms with Crippen molar-refractivity contribution in [3.05, 3.63) is 0 Å². The average molecular weight is 129 g/mol. The highest BCUT2D eigenvalue weighted by Crippen LogP contribution is 2.23. The molecule has 0 aliphatic carbocycles. The molecule has 0 bridgehead atoms. The van der Waals surface area contributed by atoms with Crippen LogP contribution < -0.4 is 5.32 Å². The molecule has 0 aromatic heterocycles. The Morgan fingerprint density at radius 2 is 2.56 bits per heavy atom. The third-order valence-electron chi connectivity index (χ3n) is 1.68. The van der Waals surface area contributed by atoms with E-state index in [2.05, 4.69) is 5.32 Å². The molecule has 0 saturated carbocycles. The van der Waals surface area contributed by atoms with Crippen LogP contribution in [0.3, 0.4) is 0 Å². The molecular weight excluding hydrogens is 118 g/mol. The third-order valence-corrected chi connectivity index (χ3v) is 1.68. The highest BCUT2D eigenvalue weighted by molar-refractivity contribution is 5.79. The van der Waals surface area contributed by atoms with E-state index in [1.165, 1.54) is 0 Å². The Kier molecular flexibility index (Phi) is 1.45. The summed E-state index contributed by atoms with van der Waals surface area (Å²) in [5.41, 5.74) is -0.197. The summed E-state index contributed by atoms with van der Waals surface area (Å²) < 4.78 is 0. The number of carbonyl (C=O) groups excluding carboxylic acids is 1. The van der Waals surface area contributed by atoms with Crippen LogP contribution >= 0.6 is 0 Å². The van der Waals surface area contributed by atoms with E-state index in [0.29, 0.717) is 13.0 Å². The molecule has 0 spiro atoms. The zero-order chi connectivity index (χ0) is 6.91. The Morgan fingerprint density at radius 1 is 1.89 bits per heavy atom. The number of aliphatic hydroxyl groups is 1. The molecule has 1 amide bonds. The largest absolute Gasteiger partial charge is 0.396 e. The van der Waals surface area contributed by atoms with E-state index in [-0.39, 0.29) is 17.9 Å². The maximum atomic E-state index is 10.6. The average Bonchev–Trinajstić information content (AvgIpc) is 2.13. The van der Waals surface area contributed by atoms with Gasteiger partial charge in [-0.05, 0) is 0 Å². The van der Waals surface area contributed by atoms with Gasteiger partial charge < -0.3 is 10.4 Å². The van der Waals surface area contributed by atoms with E-state index in [0.717, 1.165) is 0 Å². The minimum atomic E-state index is -0.197. The lowest BCUT2D eigenvalue weighted by Crippen LogP contribution is -2.23. The first-order valence-corrected chi connectivity index (χ1v) is 3.04. The maximum absolute atomic E-state index is 10.6. The van der Waals surface area contributed by atoms with Crippen LogP contribution in [0.15, 0.2) is 0 Å². The molecule has 0 unspecified atom stereocenters. The van der Waals surface area contributed by atoms with Crippen molar-refractivity contribution >= 4 is 5.91 Å². The Hall–Kier alpha value is -0.570. The Labute approximate surface area is 54.1 Å². The summed E-state index contributed by atoms with van der Waals surface area (Å²) in [6.45, 7) is 2.60. The molecular formula is C6H11NO2. The van der Waals surface area contributed by atoms with Crippen LogP contribution in [0, 0.1) is 5.41 Å². The summed E-state index contributed by atoms with van der Waals surface area (Å²) in [5, 5.41) is 11.4. The monoisotopic (exact) mass is 129 g/mol. The van der Waals surface area contributed by atoms with Crippen LogP contribution in [0.25, 0.3) is 0 Å². The molecule has 0 radical (unpaired) electrons. The van der Waals surface area contributed by atoms with Crippen LogP contribution in [-0.4, -0.2) is 24.2 Å². The predicted octanol–water partition coefficient (Wildman–Crippen LogP) is -0.495. The van der Waals surface area contributed by atoms with Crippen molar-refractivity contribution in [1.82, 2.24) is 5.32 Å². The van der Waals surface area contributed by atoms with Crippen LogP contribution in [-0.2, 0) is 4.79 Å². The highest BCUT2D eigenvalue weighted by Gasteiger charge is 2.32. The standard InChI is InChI=1S/C6H11NO2/c1-6(4-8)2-5(9)7-3-6/h8H,2-4H2,1H3,(H,7,9)/t6-/m0/s1. The number of rotatable bonds is 1. The fraction of sp³-hybridized carbons (Fsp3) is 0.833. The van der Waals surface area contributed by atoms with E-state index in [9.17, 15) is 4.79 Å². The summed E-state index contributed by atoms with van der Waals surface area (Å²) in [6.07, 6.45) is 0.462. The van der Waals surface area contributed by atoms with Gasteiger partial charge in [-0.2, -0.15) is 0 Å². The summed E-state index contributed by atoms with van der Waals surface area (Å²) in [4.78, 5) is 10.6. The topological polar surface area (TPSA) is 49.3 Å². The first kappa shape index (κ1) is 6.55. The van der Waals surface area contributed by atoms with Crippen molar-refractivity contribution in [2.75, 3.05) is 13.2 Å². The van der Waals surface area contributed by atoms with Crippen LogP contribution in [0.2, 0.25) is 0 Å². The molecule has 3 heteroatoms. The van der Waals surface area contributed by atoms with Crippen LogP contribution in [0.4, 0.5) is 0 Å². The molecule has 52 valence electrons. The van der Waals surface area contributed by atoms with Gasteiger partial charge in [-0.3, -0.25) is 4.79 Å². The zero-order valence-corrected chi connectivity index (χ0v) is 5.48. The smallest absolute Gasteiger partial charge is 0.220 e. The molecule has 1 saturated heterocycles. The van der Waals surface area contributed by atoms with Crippen LogP contribution in [0.1, 0.15) is 13.3 Å². The molecule has 9 heavy (non-hydrogen) atoms. The first-order valence-electron chi connectivity index (χ1n) is 3.04. The highest BCUT2D eigenvalue weighted by atomic mass is 16.3. The van der Waals surface area contributed by atoms with Crippen molar-refractivity contribution in [1.29, 1.82) is 0 Å². The molecule has 1 fully saturated rings. The third kappa shape index (κ3) is 1.21. The van der Waals surface area contributed by atoms with E-state index < -0.39 is 0 Å². The molecule has 1 aliphatic rings. The van der Waals surface area contributed by atoms with Crippen molar-refractivity contribution in [3.63, 3.8) is 0 Å². The lowest BCUT2D eigenvalue weighted by atomic mass is 9.91. The predicted molar refractivity (Wildman–Crippen MR) is 32.8 cm³/mol. The number of carbonyl (C=O) groups is 1. The quantitative estimate of drug-likeness (QED) is 0.501. The molecule has 1 atom stereocenters. The maximum Gasteiger partial charge on any atom is 0.220 e. The number of hydrogen-bond acceptors (Lipinski definition) is 2. The fourth-order valence-corrected chi connectivity index (χ4v) is 0.936. The Balaban J connectivity index is 2.54.